The third-order valence-electron chi connectivity index (χ3n) is 5.78. The number of nitrogens with zero attached hydrogens (tertiary/aromatic N) is 1. The Balaban J connectivity index is 1.59. The summed E-state index contributed by atoms with van der Waals surface area (Å²) < 4.78 is 50.9. The van der Waals surface area contributed by atoms with E-state index in [1.807, 2.05) is 18.2 Å². The third-order valence-corrected chi connectivity index (χ3v) is 5.78. The Kier molecular flexibility index (Phi) is 8.29. The number of aliphatic carboxylic acids is 1. The Morgan fingerprint density at radius 1 is 0.973 bits per heavy atom. The molecule has 0 spiro atoms. The lowest BCUT2D eigenvalue weighted by Gasteiger charge is -2.29. The average molecular weight is 515 g/mol. The van der Waals surface area contributed by atoms with Crippen LogP contribution < -0.4 is 4.74 Å². The van der Waals surface area contributed by atoms with Crippen molar-refractivity contribution >= 4 is 12.1 Å². The fraction of sp³-hybridized carbons (Fsp3) is 0.259. The molecule has 1 aliphatic heterocycles. The van der Waals surface area contributed by atoms with Crippen molar-refractivity contribution in [2.24, 2.45) is 0 Å². The summed E-state index contributed by atoms with van der Waals surface area (Å²) in [7, 11) is 0. The van der Waals surface area contributed by atoms with Crippen LogP contribution in [0.4, 0.5) is 18.0 Å². The van der Waals surface area contributed by atoms with Gasteiger partial charge in [-0.25, -0.2) is 18.0 Å². The smallest absolute Gasteiger partial charge is 0.487 e. The van der Waals surface area contributed by atoms with Crippen molar-refractivity contribution < 1.29 is 42.2 Å². The van der Waals surface area contributed by atoms with Gasteiger partial charge in [-0.05, 0) is 52.4 Å². The topological polar surface area (TPSA) is 85.3 Å². The van der Waals surface area contributed by atoms with E-state index in [-0.39, 0.29) is 38.3 Å². The summed E-state index contributed by atoms with van der Waals surface area (Å²) in [6.45, 7) is -0.635. The number of halogens is 3. The molecule has 10 heteroatoms. The van der Waals surface area contributed by atoms with Gasteiger partial charge in [-0.3, -0.25) is 4.79 Å². The molecule has 0 aromatic heterocycles. The highest BCUT2D eigenvalue weighted by Crippen LogP contribution is 2.38. The fourth-order valence-corrected chi connectivity index (χ4v) is 4.14. The number of hydrogen-bond donors (Lipinski definition) is 1. The summed E-state index contributed by atoms with van der Waals surface area (Å²) in [6, 6.07) is 16.2. The van der Waals surface area contributed by atoms with Gasteiger partial charge in [0.05, 0.1) is 13.0 Å². The van der Waals surface area contributed by atoms with Crippen molar-refractivity contribution in [1.29, 1.82) is 0 Å². The number of ether oxygens (including phenoxy) is 2. The number of fused-ring (bicyclic) bond motifs is 1. The van der Waals surface area contributed by atoms with E-state index in [4.69, 9.17) is 14.3 Å². The molecule has 0 fully saturated rings. The van der Waals surface area contributed by atoms with Gasteiger partial charge >= 0.3 is 12.1 Å². The number of carboxylic acids is 1. The summed E-state index contributed by atoms with van der Waals surface area (Å²) in [5.41, 5.74) is 2.85. The molecule has 0 aliphatic carbocycles. The molecule has 0 saturated carbocycles. The molecule has 0 radical (unpaired) electrons. The van der Waals surface area contributed by atoms with Gasteiger partial charge < -0.3 is 19.4 Å². The largest absolute Gasteiger partial charge is 0.528 e. The zero-order valence-corrected chi connectivity index (χ0v) is 19.7. The first-order valence-corrected chi connectivity index (χ1v) is 11.5. The van der Waals surface area contributed by atoms with Gasteiger partial charge in [0.1, 0.15) is 24.8 Å². The highest BCUT2D eigenvalue weighted by molar-refractivity contribution is 5.77. The Morgan fingerprint density at radius 3 is 2.49 bits per heavy atom. The van der Waals surface area contributed by atoms with E-state index in [1.54, 1.807) is 12.1 Å². The number of carbonyl (C=O) groups is 2. The minimum Gasteiger partial charge on any atom is -0.487 e. The minimum absolute atomic E-state index is 0.000307. The summed E-state index contributed by atoms with van der Waals surface area (Å²) >= 11 is 0. The predicted molar refractivity (Wildman–Crippen MR) is 127 cm³/mol. The summed E-state index contributed by atoms with van der Waals surface area (Å²) in [4.78, 5) is 28.8. The van der Waals surface area contributed by atoms with E-state index in [0.29, 0.717) is 27.8 Å². The highest BCUT2D eigenvalue weighted by Gasteiger charge is 2.27. The normalized spacial score (nSPS) is 13.2. The van der Waals surface area contributed by atoms with Crippen LogP contribution in [0.1, 0.15) is 22.3 Å². The van der Waals surface area contributed by atoms with E-state index in [1.165, 1.54) is 35.4 Å². The van der Waals surface area contributed by atoms with Gasteiger partial charge in [0.15, 0.2) is 0 Å². The van der Waals surface area contributed by atoms with E-state index < -0.39 is 31.0 Å². The molecule has 1 heterocycles. The number of hydrogen-bond acceptors (Lipinski definition) is 6. The van der Waals surface area contributed by atoms with Gasteiger partial charge in [-0.15, -0.1) is 5.06 Å². The molecule has 1 N–H and O–H groups in total. The molecular weight excluding hydrogens is 491 g/mol. The van der Waals surface area contributed by atoms with E-state index in [2.05, 4.69) is 0 Å². The van der Waals surface area contributed by atoms with Crippen LogP contribution in [0.25, 0.3) is 11.1 Å². The first-order valence-electron chi connectivity index (χ1n) is 11.5. The van der Waals surface area contributed by atoms with E-state index in [0.717, 1.165) is 5.56 Å². The van der Waals surface area contributed by atoms with Gasteiger partial charge in [0.25, 0.3) is 6.43 Å². The second-order valence-corrected chi connectivity index (χ2v) is 8.38. The zero-order chi connectivity index (χ0) is 26.4. The summed E-state index contributed by atoms with van der Waals surface area (Å²) in [6.07, 6.45) is -3.73. The minimum atomic E-state index is -2.72. The van der Waals surface area contributed by atoms with Crippen molar-refractivity contribution in [3.05, 3.63) is 88.7 Å². The molecule has 4 rings (SSSR count). The number of carboxylic acid groups (broad SMARTS) is 1. The van der Waals surface area contributed by atoms with Crippen LogP contribution in [0.5, 0.6) is 5.75 Å². The van der Waals surface area contributed by atoms with Crippen LogP contribution in [-0.2, 0) is 40.4 Å². The Labute approximate surface area is 210 Å². The van der Waals surface area contributed by atoms with Crippen LogP contribution in [0, 0.1) is 5.82 Å². The Bertz CT molecular complexity index is 1270. The van der Waals surface area contributed by atoms with Crippen molar-refractivity contribution in [2.45, 2.75) is 32.4 Å². The first kappa shape index (κ1) is 26.0. The van der Waals surface area contributed by atoms with Crippen LogP contribution in [0.2, 0.25) is 0 Å². The molecule has 1 aliphatic rings. The highest BCUT2D eigenvalue weighted by atomic mass is 19.3. The zero-order valence-electron chi connectivity index (χ0n) is 19.7. The quantitative estimate of drug-likeness (QED) is 0.383. The van der Waals surface area contributed by atoms with Crippen LogP contribution in [0.3, 0.4) is 0 Å². The fourth-order valence-electron chi connectivity index (χ4n) is 4.14. The van der Waals surface area contributed by atoms with Crippen molar-refractivity contribution in [3.63, 3.8) is 0 Å². The molecule has 3 aromatic rings. The lowest BCUT2D eigenvalue weighted by atomic mass is 9.90. The van der Waals surface area contributed by atoms with Crippen molar-refractivity contribution in [3.8, 4) is 16.9 Å². The maximum absolute atomic E-state index is 14.7. The predicted octanol–water partition coefficient (Wildman–Crippen LogP) is 5.39. The molecule has 0 atom stereocenters. The molecule has 194 valence electrons. The average Bonchev–Trinajstić information content (AvgIpc) is 2.87. The Hall–Kier alpha value is -4.05. The molecule has 0 amide bonds. The van der Waals surface area contributed by atoms with Gasteiger partial charge in [0, 0.05) is 12.1 Å². The van der Waals surface area contributed by atoms with Crippen LogP contribution in [0.15, 0.2) is 60.7 Å². The molecule has 3 aromatic carbocycles. The molecule has 0 unspecified atom stereocenters. The van der Waals surface area contributed by atoms with Gasteiger partial charge in [0.2, 0.25) is 0 Å². The van der Waals surface area contributed by atoms with Crippen molar-refractivity contribution in [2.75, 3.05) is 13.2 Å². The number of benzene rings is 3. The molecular formula is C27H24F3NO6. The van der Waals surface area contributed by atoms with Crippen LogP contribution >= 0.6 is 0 Å². The number of hydroxylamine groups is 2. The van der Waals surface area contributed by atoms with Crippen LogP contribution in [-0.4, -0.2) is 41.9 Å². The monoisotopic (exact) mass is 515 g/mol. The Morgan fingerprint density at radius 2 is 1.76 bits per heavy atom. The summed E-state index contributed by atoms with van der Waals surface area (Å²) in [5.74, 6) is -1.42. The maximum Gasteiger partial charge on any atom is 0.528 e. The molecule has 0 bridgehead atoms. The van der Waals surface area contributed by atoms with Gasteiger partial charge in [-0.1, -0.05) is 42.5 Å². The summed E-state index contributed by atoms with van der Waals surface area (Å²) in [5, 5.41) is 10.5. The molecule has 37 heavy (non-hydrogen) atoms. The lowest BCUT2D eigenvalue weighted by Crippen LogP contribution is -2.34. The maximum atomic E-state index is 14.7. The SMILES string of the molecule is O=C(O)Cc1ccc(OCC(F)F)c(-c2ccc(F)c3c2CN(OC(=O)OCc2ccccc2)CC3)c1. The number of rotatable bonds is 9. The molecule has 0 saturated heterocycles. The number of carbonyl (C=O) groups excluding carboxylic acids is 1. The lowest BCUT2D eigenvalue weighted by molar-refractivity contribution is -0.139. The first-order chi connectivity index (χ1) is 17.8. The second kappa shape index (κ2) is 11.8. The third kappa shape index (κ3) is 6.79. The van der Waals surface area contributed by atoms with Gasteiger partial charge in [-0.2, -0.15) is 0 Å². The van der Waals surface area contributed by atoms with E-state index >= 15 is 0 Å². The molecule has 7 nitrogen and oxygen atoms in total. The standard InChI is InChI=1S/C27H24F3NO6/c28-23-8-7-19(21-12-18(13-26(32)33)6-9-24(21)35-16-25(29)30)22-14-31(11-10-20(22)23)37-27(34)36-15-17-4-2-1-3-5-17/h1-9,12,25H,10-11,13-16H2,(H,32,33). The van der Waals surface area contributed by atoms with E-state index in [9.17, 15) is 27.9 Å². The second-order valence-electron chi connectivity index (χ2n) is 8.38. The van der Waals surface area contributed by atoms with Crippen molar-refractivity contribution in [1.82, 2.24) is 5.06 Å². The number of alkyl halides is 2.